The second kappa shape index (κ2) is 5.40. The number of aromatic nitrogens is 1. The lowest BCUT2D eigenvalue weighted by Gasteiger charge is -2.34. The summed E-state index contributed by atoms with van der Waals surface area (Å²) in [6.07, 6.45) is 4.02. The lowest BCUT2D eigenvalue weighted by Crippen LogP contribution is -2.39. The van der Waals surface area contributed by atoms with E-state index in [2.05, 4.69) is 4.98 Å². The van der Waals surface area contributed by atoms with Crippen LogP contribution in [0.3, 0.4) is 0 Å². The Kier molecular flexibility index (Phi) is 3.84. The van der Waals surface area contributed by atoms with E-state index in [0.29, 0.717) is 17.9 Å². The standard InChI is InChI=1S/C12H19N5O2/c1-16(9-4-2-8(13)3-5-9)11-7-6-10(17(18)19)12(14)15-11/h6-9H,2-5,13H2,1H3,(H2,14,15). The van der Waals surface area contributed by atoms with E-state index in [0.717, 1.165) is 25.7 Å². The molecule has 104 valence electrons. The summed E-state index contributed by atoms with van der Waals surface area (Å²) in [6, 6.07) is 3.71. The molecule has 2 rings (SSSR count). The van der Waals surface area contributed by atoms with E-state index in [9.17, 15) is 10.1 Å². The molecule has 0 radical (unpaired) electrons. The van der Waals surface area contributed by atoms with Crippen LogP contribution in [0, 0.1) is 10.1 Å². The Morgan fingerprint density at radius 2 is 2.00 bits per heavy atom. The highest BCUT2D eigenvalue weighted by molar-refractivity contribution is 5.58. The molecule has 4 N–H and O–H groups in total. The number of nitrogens with two attached hydrogens (primary N) is 2. The molecule has 0 aliphatic heterocycles. The molecule has 1 heterocycles. The van der Waals surface area contributed by atoms with Gasteiger partial charge in [0.05, 0.1) is 4.92 Å². The van der Waals surface area contributed by atoms with Crippen LogP contribution < -0.4 is 16.4 Å². The number of nitro groups is 1. The summed E-state index contributed by atoms with van der Waals surface area (Å²) in [5.41, 5.74) is 11.3. The molecule has 0 aromatic carbocycles. The highest BCUT2D eigenvalue weighted by atomic mass is 16.6. The summed E-state index contributed by atoms with van der Waals surface area (Å²) >= 11 is 0. The molecule has 0 atom stereocenters. The largest absolute Gasteiger partial charge is 0.378 e. The Bertz CT molecular complexity index is 471. The number of hydrogen-bond donors (Lipinski definition) is 2. The number of hydrogen-bond acceptors (Lipinski definition) is 6. The Balaban J connectivity index is 2.13. The predicted octanol–water partition coefficient (Wildman–Crippen LogP) is 1.28. The third-order valence-electron chi connectivity index (χ3n) is 3.73. The van der Waals surface area contributed by atoms with Crippen molar-refractivity contribution in [2.24, 2.45) is 5.73 Å². The maximum atomic E-state index is 10.7. The van der Waals surface area contributed by atoms with Gasteiger partial charge in [-0.2, -0.15) is 0 Å². The van der Waals surface area contributed by atoms with Gasteiger partial charge in [0.1, 0.15) is 5.82 Å². The van der Waals surface area contributed by atoms with E-state index < -0.39 is 4.92 Å². The molecule has 7 heteroatoms. The minimum absolute atomic E-state index is 0.0399. The monoisotopic (exact) mass is 265 g/mol. The van der Waals surface area contributed by atoms with Crippen LogP contribution >= 0.6 is 0 Å². The van der Waals surface area contributed by atoms with Gasteiger partial charge >= 0.3 is 5.69 Å². The fourth-order valence-electron chi connectivity index (χ4n) is 2.48. The average molecular weight is 265 g/mol. The molecule has 1 aliphatic rings. The number of pyridine rings is 1. The molecule has 1 saturated carbocycles. The van der Waals surface area contributed by atoms with E-state index in [-0.39, 0.29) is 11.5 Å². The van der Waals surface area contributed by atoms with Crippen molar-refractivity contribution in [3.05, 3.63) is 22.2 Å². The van der Waals surface area contributed by atoms with Gasteiger partial charge in [0, 0.05) is 25.2 Å². The van der Waals surface area contributed by atoms with Crippen LogP contribution in [0.25, 0.3) is 0 Å². The Labute approximate surface area is 111 Å². The molecule has 1 aromatic heterocycles. The quantitative estimate of drug-likeness (QED) is 0.629. The lowest BCUT2D eigenvalue weighted by atomic mass is 9.91. The molecule has 0 spiro atoms. The molecular weight excluding hydrogens is 246 g/mol. The zero-order valence-corrected chi connectivity index (χ0v) is 11.0. The van der Waals surface area contributed by atoms with Gasteiger partial charge in [0.15, 0.2) is 0 Å². The summed E-state index contributed by atoms with van der Waals surface area (Å²) in [5, 5.41) is 10.7. The van der Waals surface area contributed by atoms with Crippen molar-refractivity contribution >= 4 is 17.3 Å². The fourth-order valence-corrected chi connectivity index (χ4v) is 2.48. The van der Waals surface area contributed by atoms with Crippen LogP contribution in [0.1, 0.15) is 25.7 Å². The smallest absolute Gasteiger partial charge is 0.311 e. The number of rotatable bonds is 3. The topological polar surface area (TPSA) is 111 Å². The molecule has 1 aromatic rings. The van der Waals surface area contributed by atoms with Gasteiger partial charge in [0.25, 0.3) is 0 Å². The van der Waals surface area contributed by atoms with Crippen molar-refractivity contribution in [2.45, 2.75) is 37.8 Å². The number of nitrogens with zero attached hydrogens (tertiary/aromatic N) is 3. The summed E-state index contributed by atoms with van der Waals surface area (Å²) in [7, 11) is 1.94. The molecule has 19 heavy (non-hydrogen) atoms. The Morgan fingerprint density at radius 3 is 2.53 bits per heavy atom. The summed E-state index contributed by atoms with van der Waals surface area (Å²) in [6.45, 7) is 0. The first kappa shape index (κ1) is 13.5. The second-order valence-electron chi connectivity index (χ2n) is 5.01. The van der Waals surface area contributed by atoms with E-state index in [4.69, 9.17) is 11.5 Å². The lowest BCUT2D eigenvalue weighted by molar-refractivity contribution is -0.384. The van der Waals surface area contributed by atoms with E-state index in [1.807, 2.05) is 11.9 Å². The van der Waals surface area contributed by atoms with E-state index >= 15 is 0 Å². The van der Waals surface area contributed by atoms with Gasteiger partial charge in [0.2, 0.25) is 5.82 Å². The van der Waals surface area contributed by atoms with E-state index in [1.54, 1.807) is 6.07 Å². The first-order chi connectivity index (χ1) is 8.99. The van der Waals surface area contributed by atoms with Crippen LogP contribution in [-0.2, 0) is 0 Å². The van der Waals surface area contributed by atoms with Gasteiger partial charge in [-0.15, -0.1) is 0 Å². The zero-order valence-electron chi connectivity index (χ0n) is 11.0. The van der Waals surface area contributed by atoms with Crippen molar-refractivity contribution in [3.8, 4) is 0 Å². The molecule has 1 aliphatic carbocycles. The van der Waals surface area contributed by atoms with Crippen molar-refractivity contribution in [3.63, 3.8) is 0 Å². The van der Waals surface area contributed by atoms with Gasteiger partial charge in [-0.05, 0) is 31.7 Å². The minimum atomic E-state index is -0.522. The molecule has 0 unspecified atom stereocenters. The fraction of sp³-hybridized carbons (Fsp3) is 0.583. The Hall–Kier alpha value is -1.89. The molecule has 7 nitrogen and oxygen atoms in total. The van der Waals surface area contributed by atoms with Gasteiger partial charge in [-0.3, -0.25) is 10.1 Å². The second-order valence-corrected chi connectivity index (χ2v) is 5.01. The summed E-state index contributed by atoms with van der Waals surface area (Å²) in [4.78, 5) is 16.3. The van der Waals surface area contributed by atoms with E-state index in [1.165, 1.54) is 6.07 Å². The maximum Gasteiger partial charge on any atom is 0.311 e. The highest BCUT2D eigenvalue weighted by Gasteiger charge is 2.24. The average Bonchev–Trinajstić information content (AvgIpc) is 2.38. The SMILES string of the molecule is CN(c1ccc([N+](=O)[O-])c(N)n1)C1CCC(N)CC1. The van der Waals surface area contributed by atoms with Crippen LogP contribution in [0.15, 0.2) is 12.1 Å². The molecular formula is C12H19N5O2. The summed E-state index contributed by atoms with van der Waals surface area (Å²) < 4.78 is 0. The van der Waals surface area contributed by atoms with Crippen LogP contribution in [0.2, 0.25) is 0 Å². The van der Waals surface area contributed by atoms with Crippen molar-refractivity contribution < 1.29 is 4.92 Å². The molecule has 1 fully saturated rings. The van der Waals surface area contributed by atoms with Crippen LogP contribution in [0.5, 0.6) is 0 Å². The first-order valence-corrected chi connectivity index (χ1v) is 6.38. The van der Waals surface area contributed by atoms with Crippen LogP contribution in [-0.4, -0.2) is 29.0 Å². The number of anilines is 2. The van der Waals surface area contributed by atoms with Gasteiger partial charge < -0.3 is 16.4 Å². The summed E-state index contributed by atoms with van der Waals surface area (Å²) in [5.74, 6) is 0.630. The highest BCUT2D eigenvalue weighted by Crippen LogP contribution is 2.27. The number of nitrogen functional groups attached to an aromatic ring is 1. The third kappa shape index (κ3) is 2.93. The normalized spacial score (nSPS) is 23.1. The molecule has 0 bridgehead atoms. The van der Waals surface area contributed by atoms with Crippen LogP contribution in [0.4, 0.5) is 17.3 Å². The molecule has 0 saturated heterocycles. The Morgan fingerprint density at radius 1 is 1.37 bits per heavy atom. The minimum Gasteiger partial charge on any atom is -0.378 e. The first-order valence-electron chi connectivity index (χ1n) is 6.38. The molecule has 0 amide bonds. The third-order valence-corrected chi connectivity index (χ3v) is 3.73. The van der Waals surface area contributed by atoms with Crippen molar-refractivity contribution in [2.75, 3.05) is 17.7 Å². The maximum absolute atomic E-state index is 10.7. The zero-order chi connectivity index (χ0) is 14.0. The van der Waals surface area contributed by atoms with Crippen molar-refractivity contribution in [1.29, 1.82) is 0 Å². The van der Waals surface area contributed by atoms with Crippen molar-refractivity contribution in [1.82, 2.24) is 4.98 Å². The predicted molar refractivity (Wildman–Crippen MR) is 73.9 cm³/mol. The van der Waals surface area contributed by atoms with Gasteiger partial charge in [-0.1, -0.05) is 0 Å². The van der Waals surface area contributed by atoms with Gasteiger partial charge in [-0.25, -0.2) is 4.98 Å².